The fourth-order valence-corrected chi connectivity index (χ4v) is 2.90. The summed E-state index contributed by atoms with van der Waals surface area (Å²) in [5, 5.41) is 28.9. The fraction of sp³-hybridized carbons (Fsp3) is 0.364. The van der Waals surface area contributed by atoms with Gasteiger partial charge < -0.3 is 10.2 Å². The smallest absolute Gasteiger partial charge is 0.312 e. The monoisotopic (exact) mass is 316 g/mol. The van der Waals surface area contributed by atoms with E-state index >= 15 is 0 Å². The molecule has 9 nitrogen and oxygen atoms in total. The van der Waals surface area contributed by atoms with E-state index in [4.69, 9.17) is 5.11 Å². The zero-order valence-corrected chi connectivity index (χ0v) is 11.5. The van der Waals surface area contributed by atoms with E-state index in [2.05, 4.69) is 4.72 Å². The van der Waals surface area contributed by atoms with Crippen molar-refractivity contribution in [3.05, 3.63) is 28.3 Å². The number of phenolic OH excluding ortho intramolecular Hbond substituents is 1. The quantitative estimate of drug-likeness (QED) is 0.509. The van der Waals surface area contributed by atoms with Crippen LogP contribution in [0.4, 0.5) is 5.69 Å². The minimum absolute atomic E-state index is 0.278. The van der Waals surface area contributed by atoms with E-state index in [9.17, 15) is 28.4 Å². The summed E-state index contributed by atoms with van der Waals surface area (Å²) >= 11 is 0. The first-order valence-corrected chi connectivity index (χ1v) is 7.37. The molecule has 0 saturated heterocycles. The summed E-state index contributed by atoms with van der Waals surface area (Å²) in [5.41, 5.74) is -1.83. The number of carboxylic acid groups (broad SMARTS) is 1. The first kappa shape index (κ1) is 15.2. The zero-order chi connectivity index (χ0) is 15.8. The normalized spacial score (nSPS) is 16.4. The lowest BCUT2D eigenvalue weighted by molar-refractivity contribution is -0.386. The van der Waals surface area contributed by atoms with Gasteiger partial charge in [0.05, 0.1) is 15.2 Å². The van der Waals surface area contributed by atoms with Gasteiger partial charge in [-0.05, 0) is 25.0 Å². The van der Waals surface area contributed by atoms with Crippen molar-refractivity contribution < 1.29 is 28.3 Å². The molecular formula is C11H12N2O7S. The second-order valence-corrected chi connectivity index (χ2v) is 6.58. The Hall–Kier alpha value is -2.20. The van der Waals surface area contributed by atoms with Crippen LogP contribution in [0.25, 0.3) is 0 Å². The molecule has 2 rings (SSSR count). The number of sulfonamides is 1. The van der Waals surface area contributed by atoms with Crippen LogP contribution in [0.1, 0.15) is 12.8 Å². The summed E-state index contributed by atoms with van der Waals surface area (Å²) in [5.74, 6) is -1.73. The molecular weight excluding hydrogens is 304 g/mol. The number of nitro groups is 1. The number of nitrogens with one attached hydrogen (secondary N) is 1. The molecule has 3 N–H and O–H groups in total. The summed E-state index contributed by atoms with van der Waals surface area (Å²) in [4.78, 5) is 20.3. The lowest BCUT2D eigenvalue weighted by atomic mass is 10.1. The maximum absolute atomic E-state index is 12.0. The SMILES string of the molecule is O=C(O)C1(CNS(=O)(=O)c2ccc(O)c([N+](=O)[O-])c2)CC1. The number of hydrogen-bond acceptors (Lipinski definition) is 6. The van der Waals surface area contributed by atoms with Gasteiger partial charge in [0.2, 0.25) is 10.0 Å². The lowest BCUT2D eigenvalue weighted by Crippen LogP contribution is -2.34. The molecule has 10 heteroatoms. The number of phenols is 1. The van der Waals surface area contributed by atoms with Crippen LogP contribution in [0.5, 0.6) is 5.75 Å². The van der Waals surface area contributed by atoms with Gasteiger partial charge in [0, 0.05) is 12.6 Å². The number of carbonyl (C=O) groups is 1. The van der Waals surface area contributed by atoms with Gasteiger partial charge >= 0.3 is 11.7 Å². The lowest BCUT2D eigenvalue weighted by Gasteiger charge is -2.11. The molecule has 0 aliphatic heterocycles. The molecule has 21 heavy (non-hydrogen) atoms. The van der Waals surface area contributed by atoms with Crippen molar-refractivity contribution in [2.75, 3.05) is 6.54 Å². The summed E-state index contributed by atoms with van der Waals surface area (Å²) in [6, 6.07) is 2.62. The Morgan fingerprint density at radius 1 is 1.43 bits per heavy atom. The average molecular weight is 316 g/mol. The van der Waals surface area contributed by atoms with E-state index < -0.39 is 42.7 Å². The number of nitrogens with zero attached hydrogens (tertiary/aromatic N) is 1. The van der Waals surface area contributed by atoms with Crippen molar-refractivity contribution in [1.82, 2.24) is 4.72 Å². The Morgan fingerprint density at radius 2 is 2.05 bits per heavy atom. The van der Waals surface area contributed by atoms with Crippen molar-refractivity contribution in [1.29, 1.82) is 0 Å². The minimum atomic E-state index is -4.09. The summed E-state index contributed by atoms with van der Waals surface area (Å²) in [6.45, 7) is -0.278. The summed E-state index contributed by atoms with van der Waals surface area (Å²) < 4.78 is 26.1. The van der Waals surface area contributed by atoms with Gasteiger partial charge in [-0.25, -0.2) is 13.1 Å². The van der Waals surface area contributed by atoms with Gasteiger partial charge in [-0.1, -0.05) is 0 Å². The van der Waals surface area contributed by atoms with Crippen LogP contribution in [0.2, 0.25) is 0 Å². The van der Waals surface area contributed by atoms with Crippen molar-refractivity contribution in [2.45, 2.75) is 17.7 Å². The van der Waals surface area contributed by atoms with Crippen molar-refractivity contribution in [3.63, 3.8) is 0 Å². The molecule has 0 radical (unpaired) electrons. The van der Waals surface area contributed by atoms with Crippen molar-refractivity contribution in [2.24, 2.45) is 5.41 Å². The number of carboxylic acids is 1. The molecule has 0 heterocycles. The fourth-order valence-electron chi connectivity index (χ4n) is 1.75. The molecule has 0 unspecified atom stereocenters. The molecule has 0 spiro atoms. The second-order valence-electron chi connectivity index (χ2n) is 4.82. The van der Waals surface area contributed by atoms with Crippen LogP contribution in [-0.2, 0) is 14.8 Å². The van der Waals surface area contributed by atoms with E-state index in [1.165, 1.54) is 0 Å². The molecule has 1 aromatic carbocycles. The first-order valence-electron chi connectivity index (χ1n) is 5.88. The molecule has 0 amide bonds. The van der Waals surface area contributed by atoms with Crippen molar-refractivity contribution in [3.8, 4) is 5.75 Å². The standard InChI is InChI=1S/C11H12N2O7S/c14-9-2-1-7(5-8(9)13(17)18)21(19,20)12-6-11(3-4-11)10(15)16/h1-2,5,12,14H,3-4,6H2,(H,15,16). The van der Waals surface area contributed by atoms with Crippen LogP contribution < -0.4 is 4.72 Å². The third-order valence-electron chi connectivity index (χ3n) is 3.36. The Balaban J connectivity index is 2.22. The maximum atomic E-state index is 12.0. The number of hydrogen-bond donors (Lipinski definition) is 3. The molecule has 1 fully saturated rings. The molecule has 114 valence electrons. The Kier molecular flexibility index (Phi) is 3.59. The molecule has 1 aliphatic rings. The van der Waals surface area contributed by atoms with Crippen LogP contribution in [-0.4, -0.2) is 36.1 Å². The number of benzene rings is 1. The highest BCUT2D eigenvalue weighted by molar-refractivity contribution is 7.89. The van der Waals surface area contributed by atoms with E-state index in [0.29, 0.717) is 12.8 Å². The average Bonchev–Trinajstić information content (AvgIpc) is 3.17. The largest absolute Gasteiger partial charge is 0.502 e. The van der Waals surface area contributed by atoms with Crippen LogP contribution in [0, 0.1) is 15.5 Å². The third kappa shape index (κ3) is 2.95. The van der Waals surface area contributed by atoms with Crippen LogP contribution in [0.3, 0.4) is 0 Å². The highest BCUT2D eigenvalue weighted by atomic mass is 32.2. The van der Waals surface area contributed by atoms with Crippen molar-refractivity contribution >= 4 is 21.7 Å². The summed E-state index contributed by atoms with van der Waals surface area (Å²) in [6.07, 6.45) is 0.751. The number of nitro benzene ring substituents is 1. The van der Waals surface area contributed by atoms with Gasteiger partial charge in [-0.2, -0.15) is 0 Å². The van der Waals surface area contributed by atoms with Gasteiger partial charge in [0.1, 0.15) is 0 Å². The summed E-state index contributed by atoms with van der Waals surface area (Å²) in [7, 11) is -4.09. The van der Waals surface area contributed by atoms with E-state index in [1.807, 2.05) is 0 Å². The van der Waals surface area contributed by atoms with Gasteiger partial charge in [0.15, 0.2) is 5.75 Å². The van der Waals surface area contributed by atoms with Crippen LogP contribution >= 0.6 is 0 Å². The van der Waals surface area contributed by atoms with Gasteiger partial charge in [-0.3, -0.25) is 14.9 Å². The number of aliphatic carboxylic acids is 1. The number of aromatic hydroxyl groups is 1. The molecule has 1 aromatic rings. The minimum Gasteiger partial charge on any atom is -0.502 e. The molecule has 0 atom stereocenters. The molecule has 1 aliphatic carbocycles. The predicted octanol–water partition coefficient (Wildman–Crippen LogP) is 0.444. The van der Waals surface area contributed by atoms with Gasteiger partial charge in [-0.15, -0.1) is 0 Å². The molecule has 0 bridgehead atoms. The first-order chi connectivity index (χ1) is 9.68. The zero-order valence-electron chi connectivity index (χ0n) is 10.6. The van der Waals surface area contributed by atoms with E-state index in [0.717, 1.165) is 18.2 Å². The molecule has 1 saturated carbocycles. The Morgan fingerprint density at radius 3 is 2.52 bits per heavy atom. The topological polar surface area (TPSA) is 147 Å². The highest BCUT2D eigenvalue weighted by Gasteiger charge is 2.50. The van der Waals surface area contributed by atoms with E-state index in [1.54, 1.807) is 0 Å². The maximum Gasteiger partial charge on any atom is 0.312 e. The predicted molar refractivity (Wildman–Crippen MR) is 69.3 cm³/mol. The van der Waals surface area contributed by atoms with Gasteiger partial charge in [0.25, 0.3) is 0 Å². The van der Waals surface area contributed by atoms with E-state index in [-0.39, 0.29) is 6.54 Å². The Labute approximate surface area is 119 Å². The second kappa shape index (κ2) is 4.97. The van der Waals surface area contributed by atoms with Crippen LogP contribution in [0.15, 0.2) is 23.1 Å². The molecule has 0 aromatic heterocycles. The number of rotatable bonds is 6. The third-order valence-corrected chi connectivity index (χ3v) is 4.76. The Bertz CT molecular complexity index is 709. The highest BCUT2D eigenvalue weighted by Crippen LogP contribution is 2.45.